The SMILES string of the molecule is CCCCc1[nH]c(=O)c(-c2nnc(Cc3noc4ccccc34)o2)c(O)c1-c1c(OC)cc(C)cc1OC. The minimum atomic E-state index is -0.538. The standard InChI is InChI=1S/C28H28N4O6/c1-5-6-10-17-23(24-20(35-3)12-15(2)13-21(24)36-4)26(33)25(27(34)29-17)28-31-30-22(37-28)14-18-16-9-7-8-11-19(16)38-32-18/h7-9,11-13H,5-6,10,14H2,1-4H3,(H2,29,33,34). The minimum absolute atomic E-state index is 0.111. The Kier molecular flexibility index (Phi) is 6.87. The second-order valence-corrected chi connectivity index (χ2v) is 8.98. The summed E-state index contributed by atoms with van der Waals surface area (Å²) in [7, 11) is 3.09. The molecule has 2 aromatic carbocycles. The van der Waals surface area contributed by atoms with Crippen LogP contribution < -0.4 is 15.0 Å². The first-order valence-electron chi connectivity index (χ1n) is 12.3. The first kappa shape index (κ1) is 25.1. The molecule has 2 N–H and O–H groups in total. The number of aromatic amines is 1. The van der Waals surface area contributed by atoms with Gasteiger partial charge in [-0.15, -0.1) is 10.2 Å². The summed E-state index contributed by atoms with van der Waals surface area (Å²) < 4.78 is 22.5. The summed E-state index contributed by atoms with van der Waals surface area (Å²) in [5.41, 5.74) is 3.00. The molecule has 0 aliphatic carbocycles. The fourth-order valence-corrected chi connectivity index (χ4v) is 4.57. The maximum Gasteiger partial charge on any atom is 0.264 e. The molecule has 0 fully saturated rings. The number of aromatic nitrogens is 4. The maximum absolute atomic E-state index is 13.2. The number of H-pyrrole nitrogens is 1. The van der Waals surface area contributed by atoms with Gasteiger partial charge >= 0.3 is 0 Å². The number of fused-ring (bicyclic) bond motifs is 1. The second-order valence-electron chi connectivity index (χ2n) is 8.98. The van der Waals surface area contributed by atoms with E-state index < -0.39 is 5.56 Å². The summed E-state index contributed by atoms with van der Waals surface area (Å²) in [5.74, 6) is 0.816. The Morgan fingerprint density at radius 3 is 2.47 bits per heavy atom. The van der Waals surface area contributed by atoms with Gasteiger partial charge in [0, 0.05) is 11.1 Å². The molecule has 38 heavy (non-hydrogen) atoms. The number of methoxy groups -OCH3 is 2. The van der Waals surface area contributed by atoms with Gasteiger partial charge in [0.25, 0.3) is 11.4 Å². The van der Waals surface area contributed by atoms with Crippen molar-refractivity contribution in [2.75, 3.05) is 14.2 Å². The Balaban J connectivity index is 1.64. The molecule has 0 spiro atoms. The quantitative estimate of drug-likeness (QED) is 0.271. The van der Waals surface area contributed by atoms with Crippen LogP contribution in [0.15, 0.2) is 50.1 Å². The van der Waals surface area contributed by atoms with Crippen molar-refractivity contribution in [2.24, 2.45) is 0 Å². The fourth-order valence-electron chi connectivity index (χ4n) is 4.57. The van der Waals surface area contributed by atoms with Crippen LogP contribution in [0.5, 0.6) is 17.2 Å². The van der Waals surface area contributed by atoms with Crippen LogP contribution in [-0.2, 0) is 12.8 Å². The highest BCUT2D eigenvalue weighted by Gasteiger charge is 2.28. The molecule has 10 heteroatoms. The monoisotopic (exact) mass is 516 g/mol. The molecule has 0 radical (unpaired) electrons. The molecule has 5 rings (SSSR count). The summed E-state index contributed by atoms with van der Waals surface area (Å²) in [6.07, 6.45) is 2.43. The predicted octanol–water partition coefficient (Wildman–Crippen LogP) is 5.20. The average molecular weight is 517 g/mol. The van der Waals surface area contributed by atoms with Gasteiger partial charge < -0.3 is 28.5 Å². The number of nitrogens with one attached hydrogen (secondary N) is 1. The fraction of sp³-hybridized carbons (Fsp3) is 0.286. The van der Waals surface area contributed by atoms with Crippen molar-refractivity contribution in [3.05, 3.63) is 69.6 Å². The van der Waals surface area contributed by atoms with Gasteiger partial charge in [-0.05, 0) is 49.6 Å². The number of rotatable bonds is 9. The predicted molar refractivity (Wildman–Crippen MR) is 141 cm³/mol. The third kappa shape index (κ3) is 4.49. The number of pyridine rings is 1. The zero-order valence-electron chi connectivity index (χ0n) is 21.6. The number of benzene rings is 2. The van der Waals surface area contributed by atoms with Gasteiger partial charge in [0.05, 0.1) is 31.8 Å². The van der Waals surface area contributed by atoms with E-state index in [1.807, 2.05) is 43.3 Å². The Morgan fingerprint density at radius 1 is 1.03 bits per heavy atom. The van der Waals surface area contributed by atoms with E-state index >= 15 is 0 Å². The maximum atomic E-state index is 13.2. The molecule has 0 amide bonds. The summed E-state index contributed by atoms with van der Waals surface area (Å²) in [6, 6.07) is 11.1. The smallest absolute Gasteiger partial charge is 0.264 e. The average Bonchev–Trinajstić information content (AvgIpc) is 3.54. The first-order valence-corrected chi connectivity index (χ1v) is 12.3. The van der Waals surface area contributed by atoms with Crippen LogP contribution in [0.2, 0.25) is 0 Å². The Morgan fingerprint density at radius 2 is 1.76 bits per heavy atom. The molecule has 0 aliphatic rings. The highest BCUT2D eigenvalue weighted by atomic mass is 16.5. The zero-order chi connectivity index (χ0) is 26.8. The zero-order valence-corrected chi connectivity index (χ0v) is 21.6. The topological polar surface area (TPSA) is 136 Å². The van der Waals surface area contributed by atoms with E-state index in [9.17, 15) is 9.90 Å². The van der Waals surface area contributed by atoms with Crippen molar-refractivity contribution in [1.82, 2.24) is 20.3 Å². The number of nitrogens with zero attached hydrogens (tertiary/aromatic N) is 3. The van der Waals surface area contributed by atoms with E-state index in [0.29, 0.717) is 46.0 Å². The number of ether oxygens (including phenoxy) is 2. The Hall–Kier alpha value is -4.60. The highest BCUT2D eigenvalue weighted by Crippen LogP contribution is 2.47. The van der Waals surface area contributed by atoms with Gasteiger partial charge in [-0.2, -0.15) is 0 Å². The van der Waals surface area contributed by atoms with Crippen molar-refractivity contribution >= 4 is 11.0 Å². The van der Waals surface area contributed by atoms with Gasteiger partial charge in [-0.3, -0.25) is 4.79 Å². The van der Waals surface area contributed by atoms with Crippen LogP contribution in [0, 0.1) is 6.92 Å². The Bertz CT molecular complexity index is 1640. The molecule has 0 saturated carbocycles. The molecule has 3 heterocycles. The van der Waals surface area contributed by atoms with E-state index in [2.05, 4.69) is 27.3 Å². The molecule has 0 saturated heterocycles. The number of aryl methyl sites for hydroxylation is 2. The lowest BCUT2D eigenvalue weighted by atomic mass is 9.95. The largest absolute Gasteiger partial charge is 0.506 e. The van der Waals surface area contributed by atoms with Crippen molar-refractivity contribution in [1.29, 1.82) is 0 Å². The lowest BCUT2D eigenvalue weighted by Gasteiger charge is -2.19. The lowest BCUT2D eigenvalue weighted by Crippen LogP contribution is -2.14. The number of aromatic hydroxyl groups is 1. The van der Waals surface area contributed by atoms with Gasteiger partial charge in [0.15, 0.2) is 5.58 Å². The van der Waals surface area contributed by atoms with Crippen LogP contribution in [0.3, 0.4) is 0 Å². The van der Waals surface area contributed by atoms with Gasteiger partial charge in [0.1, 0.15) is 28.5 Å². The van der Waals surface area contributed by atoms with E-state index in [1.165, 1.54) is 0 Å². The third-order valence-electron chi connectivity index (χ3n) is 6.40. The highest BCUT2D eigenvalue weighted by molar-refractivity contribution is 5.87. The molecule has 0 bridgehead atoms. The van der Waals surface area contributed by atoms with Crippen molar-refractivity contribution in [3.8, 4) is 39.8 Å². The van der Waals surface area contributed by atoms with Crippen molar-refractivity contribution in [2.45, 2.75) is 39.5 Å². The summed E-state index contributed by atoms with van der Waals surface area (Å²) in [4.78, 5) is 16.2. The van der Waals surface area contributed by atoms with Crippen LogP contribution in [0.4, 0.5) is 0 Å². The van der Waals surface area contributed by atoms with E-state index in [1.54, 1.807) is 14.2 Å². The molecule has 10 nitrogen and oxygen atoms in total. The molecule has 5 aromatic rings. The molecular formula is C28H28N4O6. The molecule has 0 atom stereocenters. The molecule has 0 aliphatic heterocycles. The van der Waals surface area contributed by atoms with E-state index in [0.717, 1.165) is 23.8 Å². The van der Waals surface area contributed by atoms with Gasteiger partial charge in [0.2, 0.25) is 5.89 Å². The van der Waals surface area contributed by atoms with E-state index in [4.69, 9.17) is 18.4 Å². The number of hydrogen-bond acceptors (Lipinski definition) is 9. The molecule has 0 unspecified atom stereocenters. The molecule has 196 valence electrons. The first-order chi connectivity index (χ1) is 18.4. The van der Waals surface area contributed by atoms with E-state index in [-0.39, 0.29) is 29.5 Å². The normalized spacial score (nSPS) is 11.3. The third-order valence-corrected chi connectivity index (χ3v) is 6.40. The minimum Gasteiger partial charge on any atom is -0.506 e. The number of para-hydroxylation sites is 1. The van der Waals surface area contributed by atoms with Gasteiger partial charge in [-0.25, -0.2) is 0 Å². The van der Waals surface area contributed by atoms with Crippen molar-refractivity contribution in [3.63, 3.8) is 0 Å². The number of hydrogen-bond donors (Lipinski definition) is 2. The van der Waals surface area contributed by atoms with Crippen LogP contribution in [-0.4, -0.2) is 39.7 Å². The van der Waals surface area contributed by atoms with Crippen LogP contribution >= 0.6 is 0 Å². The summed E-state index contributed by atoms with van der Waals surface area (Å²) in [6.45, 7) is 3.97. The lowest BCUT2D eigenvalue weighted by molar-refractivity contribution is 0.395. The van der Waals surface area contributed by atoms with Gasteiger partial charge in [-0.1, -0.05) is 30.6 Å². The second kappa shape index (κ2) is 10.4. The summed E-state index contributed by atoms with van der Waals surface area (Å²) >= 11 is 0. The molecular weight excluding hydrogens is 488 g/mol. The number of unbranched alkanes of at least 4 members (excludes halogenated alkanes) is 1. The van der Waals surface area contributed by atoms with Crippen LogP contribution in [0.25, 0.3) is 33.6 Å². The van der Waals surface area contributed by atoms with Crippen molar-refractivity contribution < 1.29 is 23.5 Å². The Labute approximate surface area is 218 Å². The summed E-state index contributed by atoms with van der Waals surface area (Å²) in [5, 5.41) is 24.7. The van der Waals surface area contributed by atoms with Crippen LogP contribution in [0.1, 0.15) is 42.6 Å². The molecule has 3 aromatic heterocycles.